The van der Waals surface area contributed by atoms with Crippen molar-refractivity contribution >= 4 is 154 Å². The Morgan fingerprint density at radius 1 is 0.558 bits per heavy atom. The number of nitrogen functional groups attached to an aromatic ring is 1. The Morgan fingerprint density at radius 3 is 1.43 bits per heavy atom. The van der Waals surface area contributed by atoms with E-state index in [9.17, 15) is 33.0 Å². The summed E-state index contributed by atoms with van der Waals surface area (Å²) in [5.74, 6) is 2.33. The van der Waals surface area contributed by atoms with Gasteiger partial charge in [-0.25, -0.2) is 28.4 Å². The third-order valence-corrected chi connectivity index (χ3v) is 23.3. The van der Waals surface area contributed by atoms with Crippen LogP contribution in [0.4, 0.5) is 40.5 Å². The van der Waals surface area contributed by atoms with E-state index in [1.54, 1.807) is 70.9 Å². The van der Waals surface area contributed by atoms with Gasteiger partial charge in [0, 0.05) is 113 Å². The van der Waals surface area contributed by atoms with Crippen molar-refractivity contribution in [3.8, 4) is 0 Å². The van der Waals surface area contributed by atoms with Crippen molar-refractivity contribution in [3.63, 3.8) is 0 Å². The quantitative estimate of drug-likeness (QED) is 0.0284. The molecule has 0 unspecified atom stereocenters. The normalized spacial score (nSPS) is 13.3. The average Bonchev–Trinajstić information content (AvgIpc) is 0.903. The molecule has 554 valence electrons. The molecular formula is C68H89Cl5LiN19O7S2Si2. The van der Waals surface area contributed by atoms with Gasteiger partial charge in [0.05, 0.1) is 32.6 Å². The minimum atomic E-state index is -3.62. The molecule has 3 aliphatic rings. The molecule has 0 bridgehead atoms. The summed E-state index contributed by atoms with van der Waals surface area (Å²) in [4.78, 5) is 58.3. The number of nitrogens with zero attached hydrogens (tertiary/aromatic N) is 12. The van der Waals surface area contributed by atoms with Crippen LogP contribution in [-0.2, 0) is 21.0 Å². The zero-order chi connectivity index (χ0) is 76.7. The van der Waals surface area contributed by atoms with Crippen LogP contribution in [-0.4, -0.2) is 142 Å². The fourth-order valence-corrected chi connectivity index (χ4v) is 20.2. The van der Waals surface area contributed by atoms with Crippen molar-refractivity contribution in [2.75, 3.05) is 55.3 Å². The van der Waals surface area contributed by atoms with Crippen molar-refractivity contribution in [1.29, 1.82) is 0 Å². The predicted molar refractivity (Wildman–Crippen MR) is 418 cm³/mol. The molecule has 10 N–H and O–H groups in total. The van der Waals surface area contributed by atoms with E-state index >= 15 is 0 Å². The van der Waals surface area contributed by atoms with Crippen LogP contribution in [0.1, 0.15) is 155 Å². The number of nitrogens with two attached hydrogens (primary N) is 1. The monoisotopic (exact) mass is 1590 g/mol. The second-order valence-corrected chi connectivity index (χ2v) is 41.6. The first-order valence-electron chi connectivity index (χ1n) is 32.6. The zero-order valence-corrected chi connectivity index (χ0v) is 69.0. The topological polar surface area (TPSA) is 380 Å². The molecule has 36 heteroatoms. The molecule has 0 atom stereocenters. The number of carbonyl (C=O) groups excluding carboxylic acids is 3. The molecule has 26 nitrogen and oxygen atoms in total. The first-order valence-corrected chi connectivity index (χ1v) is 44.5. The van der Waals surface area contributed by atoms with Crippen LogP contribution in [0.3, 0.4) is 0 Å². The maximum atomic E-state index is 12.5. The van der Waals surface area contributed by atoms with Gasteiger partial charge in [0.15, 0.2) is 43.0 Å². The van der Waals surface area contributed by atoms with Crippen LogP contribution in [0.25, 0.3) is 4.65 Å². The number of nitrogens with one attached hydrogen (secondary N) is 6. The molecule has 3 aliphatic carbocycles. The third-order valence-electron chi connectivity index (χ3n) is 14.7. The summed E-state index contributed by atoms with van der Waals surface area (Å²) in [6.07, 6.45) is 13.1. The first-order chi connectivity index (χ1) is 48.0. The van der Waals surface area contributed by atoms with Crippen molar-refractivity contribution in [2.45, 2.75) is 158 Å². The Labute approximate surface area is 651 Å². The number of sulfone groups is 1. The van der Waals surface area contributed by atoms with Gasteiger partial charge in [0.2, 0.25) is 0 Å². The maximum Gasteiger partial charge on any atom is 1.00 e. The molecule has 8 aromatic rings. The minimum absolute atomic E-state index is 0. The van der Waals surface area contributed by atoms with E-state index in [1.807, 2.05) is 26.2 Å². The van der Waals surface area contributed by atoms with E-state index in [4.69, 9.17) is 68.4 Å². The van der Waals surface area contributed by atoms with Crippen LogP contribution < -0.4 is 56.5 Å². The molecule has 11 rings (SSSR count). The van der Waals surface area contributed by atoms with Crippen molar-refractivity contribution in [3.05, 3.63) is 166 Å². The number of aromatic nitrogens is 11. The maximum absolute atomic E-state index is 12.5. The van der Waals surface area contributed by atoms with Crippen LogP contribution >= 0.6 is 69.8 Å². The smallest absolute Gasteiger partial charge is 0.668 e. The summed E-state index contributed by atoms with van der Waals surface area (Å²) in [6.45, 7) is 24.2. The Balaban J connectivity index is 0.000000243. The van der Waals surface area contributed by atoms with Crippen LogP contribution in [0, 0.1) is 13.8 Å². The van der Waals surface area contributed by atoms with E-state index in [1.165, 1.54) is 75.9 Å². The molecule has 8 heterocycles. The number of carbonyl (C=O) groups is 3. The molecule has 104 heavy (non-hydrogen) atoms. The van der Waals surface area contributed by atoms with Gasteiger partial charge in [0.25, 0.3) is 17.7 Å². The van der Waals surface area contributed by atoms with Gasteiger partial charge in [-0.3, -0.25) is 19.4 Å². The Morgan fingerprint density at radius 2 is 0.990 bits per heavy atom. The first kappa shape index (κ1) is 87.9. The molecule has 3 fully saturated rings. The second-order valence-electron chi connectivity index (χ2n) is 27.2. The summed E-state index contributed by atoms with van der Waals surface area (Å²) in [5.41, 5.74) is 10.5. The van der Waals surface area contributed by atoms with Gasteiger partial charge >= 0.3 is 18.9 Å². The Bertz CT molecular complexity index is 4440. The number of amides is 3. The number of halogens is 5. The van der Waals surface area contributed by atoms with Gasteiger partial charge in [-0.15, -0.1) is 42.4 Å². The largest absolute Gasteiger partial charge is 1.00 e. The molecular weight excluding hydrogens is 1500 g/mol. The van der Waals surface area contributed by atoms with E-state index in [2.05, 4.69) is 145 Å². The van der Waals surface area contributed by atoms with Gasteiger partial charge in [-0.2, -0.15) is 0 Å². The Kier molecular flexibility index (Phi) is 32.3. The van der Waals surface area contributed by atoms with Crippen LogP contribution in [0.5, 0.6) is 0 Å². The number of anilines is 7. The van der Waals surface area contributed by atoms with Crippen molar-refractivity contribution in [2.24, 2.45) is 0 Å². The number of hydrogen-bond donors (Lipinski definition) is 9. The number of rotatable bonds is 18. The molecule has 8 aromatic heterocycles. The zero-order valence-electron chi connectivity index (χ0n) is 61.6. The number of hydrogen-bond acceptors (Lipinski definition) is 23. The molecule has 0 spiro atoms. The van der Waals surface area contributed by atoms with Crippen LogP contribution in [0.15, 0.2) is 88.9 Å². The summed E-state index contributed by atoms with van der Waals surface area (Å²) in [7, 11) is -1.36. The van der Waals surface area contributed by atoms with Gasteiger partial charge in [-0.05, 0) is 140 Å². The van der Waals surface area contributed by atoms with Gasteiger partial charge < -0.3 is 52.5 Å². The van der Waals surface area contributed by atoms with Crippen molar-refractivity contribution < 1.29 is 51.9 Å². The van der Waals surface area contributed by atoms with Crippen LogP contribution in [0.2, 0.25) is 64.7 Å². The number of aryl methyl sites for hydroxylation is 2. The molecule has 0 radical (unpaired) electrons. The fraction of sp³-hybridized carbons (Fsp3) is 0.412. The standard InChI is InChI=1S/C23H26ClN7O4S.C15H16ClN5O.C9H12ClNO.C9H12N2S.C6H5Cl2N3O.C6H18NSi2.Li/c1-23(2,33)13-11-26-18(9-14(13)24)29-19-10-16(20(31-30-19)22(32)25-3)28-21-17(36(4,34)35)8-7-15(27-21)12-5-6-12;1-8-3-6-10(9-4-5-9)18-14(8)19-11-7-12(16)20-21-13(11)15(22)17-2;1-6-4-8(10)7(5-11-6)9(2,3)12;1-12-8-5-4-7(6-2-3-6)11-9(8)10;1-9-6(12)5-3(7)2-4(8)10-11-5;1-8(2,3)7-9(4,5)6;/h7-12,33H,5-6H2,1-4H3,(H,25,32)(H2,26,27,28,29,30);3,6-7,9H,4-5H2,1-2H3,(H,17,22)(H,18,19,20);4-5,12H,1-3H3;4-6H,2-3H2,1H3,(H2,10,11);2H,1H3,(H,9,12);1-6H3;/q;;;;;-1;+1. The second kappa shape index (κ2) is 38.2. The van der Waals surface area contributed by atoms with E-state index in [0.29, 0.717) is 56.1 Å². The summed E-state index contributed by atoms with van der Waals surface area (Å²) >= 11 is 30.9. The molecule has 3 saturated carbocycles. The summed E-state index contributed by atoms with van der Waals surface area (Å²) in [5, 5.41) is 60.4. The van der Waals surface area contributed by atoms with Gasteiger partial charge in [0.1, 0.15) is 28.2 Å². The summed E-state index contributed by atoms with van der Waals surface area (Å²) in [6, 6.07) is 19.2. The van der Waals surface area contributed by atoms with E-state index in [-0.39, 0.29) is 91.2 Å². The summed E-state index contributed by atoms with van der Waals surface area (Å²) < 4.78 is 29.7. The Hall–Kier alpha value is -6.74. The molecule has 3 amide bonds. The third kappa shape index (κ3) is 27.9. The van der Waals surface area contributed by atoms with Crippen molar-refractivity contribution in [1.82, 2.24) is 71.5 Å². The minimum Gasteiger partial charge on any atom is -0.668 e. The number of pyridine rings is 5. The number of thioether (sulfide) groups is 1. The number of aliphatic hydroxyl groups is 2. The SMILES string of the molecule is CNC(=O)c1nnc(Cl)cc1Cl.CNC(=O)c1nnc(Cl)cc1Nc1nc(C2CC2)ccc1C.CNC(=O)c1nnc(Nc2cc(Cl)c(C(C)(C)O)cn2)cc1Nc1nc(C2CC2)ccc1S(C)(=O)=O.CSc1ccc(C2CC2)nc1N.C[Si](C)(C)[N-][Si](C)(C)C.Cc1cc(Cl)c(C(C)(C)O)cn1.[Li+]. The van der Waals surface area contributed by atoms with E-state index in [0.717, 1.165) is 46.6 Å². The molecule has 0 saturated heterocycles. The average molecular weight is 1590 g/mol. The molecule has 0 aliphatic heterocycles. The van der Waals surface area contributed by atoms with Gasteiger partial charge in [-0.1, -0.05) is 120 Å². The fourth-order valence-electron chi connectivity index (χ4n) is 9.51. The van der Waals surface area contributed by atoms with E-state index < -0.39 is 43.4 Å². The predicted octanol–water partition coefficient (Wildman–Crippen LogP) is 11.8. The molecule has 0 aromatic carbocycles.